The van der Waals surface area contributed by atoms with Gasteiger partial charge < -0.3 is 10.1 Å². The molecule has 0 heterocycles. The predicted octanol–water partition coefficient (Wildman–Crippen LogP) is 3.74. The zero-order valence-electron chi connectivity index (χ0n) is 12.3. The quantitative estimate of drug-likeness (QED) is 0.826. The Labute approximate surface area is 129 Å². The van der Waals surface area contributed by atoms with Crippen molar-refractivity contribution in [3.63, 3.8) is 0 Å². The molecule has 2 rings (SSSR count). The van der Waals surface area contributed by atoms with Crippen molar-refractivity contribution in [3.8, 4) is 5.75 Å². The van der Waals surface area contributed by atoms with Gasteiger partial charge in [-0.25, -0.2) is 0 Å². The molecule has 0 fully saturated rings. The van der Waals surface area contributed by atoms with E-state index < -0.39 is 0 Å². The van der Waals surface area contributed by atoms with Crippen molar-refractivity contribution in [1.29, 1.82) is 0 Å². The predicted molar refractivity (Wildman–Crippen MR) is 87.0 cm³/mol. The SMILES string of the molecule is CCOc1ccccc1CNC(=O)c1ccccc1SC. The molecule has 0 radical (unpaired) electrons. The van der Waals surface area contributed by atoms with Crippen molar-refractivity contribution in [1.82, 2.24) is 5.32 Å². The highest BCUT2D eigenvalue weighted by Gasteiger charge is 2.11. The van der Waals surface area contributed by atoms with Gasteiger partial charge in [0.1, 0.15) is 5.75 Å². The Balaban J connectivity index is 2.08. The monoisotopic (exact) mass is 301 g/mol. The maximum atomic E-state index is 12.3. The molecule has 1 amide bonds. The van der Waals surface area contributed by atoms with Crippen LogP contribution in [0.25, 0.3) is 0 Å². The summed E-state index contributed by atoms with van der Waals surface area (Å²) in [5.74, 6) is 0.754. The third kappa shape index (κ3) is 4.02. The Hall–Kier alpha value is -1.94. The summed E-state index contributed by atoms with van der Waals surface area (Å²) < 4.78 is 5.56. The topological polar surface area (TPSA) is 38.3 Å². The van der Waals surface area contributed by atoms with Crippen molar-refractivity contribution >= 4 is 17.7 Å². The molecule has 0 unspecified atom stereocenters. The van der Waals surface area contributed by atoms with Gasteiger partial charge in [-0.05, 0) is 31.4 Å². The number of carbonyl (C=O) groups excluding carboxylic acids is 1. The van der Waals surface area contributed by atoms with Gasteiger partial charge in [0.2, 0.25) is 0 Å². The van der Waals surface area contributed by atoms with Crippen LogP contribution in [0.1, 0.15) is 22.8 Å². The minimum absolute atomic E-state index is 0.0637. The average molecular weight is 301 g/mol. The van der Waals surface area contributed by atoms with Crippen LogP contribution in [0.15, 0.2) is 53.4 Å². The van der Waals surface area contributed by atoms with Crippen LogP contribution < -0.4 is 10.1 Å². The van der Waals surface area contributed by atoms with Crippen molar-refractivity contribution in [2.45, 2.75) is 18.4 Å². The number of para-hydroxylation sites is 1. The summed E-state index contributed by atoms with van der Waals surface area (Å²) in [6.45, 7) is 3.02. The molecule has 0 spiro atoms. The van der Waals surface area contributed by atoms with Gasteiger partial charge in [0.05, 0.1) is 12.2 Å². The molecule has 0 aliphatic heterocycles. The van der Waals surface area contributed by atoms with Crippen molar-refractivity contribution in [3.05, 3.63) is 59.7 Å². The highest BCUT2D eigenvalue weighted by Crippen LogP contribution is 2.21. The van der Waals surface area contributed by atoms with Crippen molar-refractivity contribution in [2.75, 3.05) is 12.9 Å². The lowest BCUT2D eigenvalue weighted by Crippen LogP contribution is -2.23. The van der Waals surface area contributed by atoms with E-state index in [1.54, 1.807) is 11.8 Å². The highest BCUT2D eigenvalue weighted by molar-refractivity contribution is 7.98. The van der Waals surface area contributed by atoms with Gasteiger partial charge in [-0.15, -0.1) is 11.8 Å². The molecule has 0 aromatic heterocycles. The van der Waals surface area contributed by atoms with Gasteiger partial charge in [0.25, 0.3) is 5.91 Å². The second-order valence-corrected chi connectivity index (χ2v) is 5.27. The standard InChI is InChI=1S/C17H19NO2S/c1-3-20-15-10-6-4-8-13(15)12-18-17(19)14-9-5-7-11-16(14)21-2/h4-11H,3,12H2,1-2H3,(H,18,19). The molecule has 21 heavy (non-hydrogen) atoms. The first-order valence-electron chi connectivity index (χ1n) is 6.88. The van der Waals surface area contributed by atoms with Gasteiger partial charge in [-0.1, -0.05) is 30.3 Å². The lowest BCUT2D eigenvalue weighted by molar-refractivity contribution is 0.0947. The minimum atomic E-state index is -0.0637. The second-order valence-electron chi connectivity index (χ2n) is 4.42. The van der Waals surface area contributed by atoms with Crippen LogP contribution in [-0.2, 0) is 6.54 Å². The fourth-order valence-electron chi connectivity index (χ4n) is 2.05. The van der Waals surface area contributed by atoms with E-state index in [1.165, 1.54) is 0 Å². The zero-order chi connectivity index (χ0) is 15.1. The zero-order valence-corrected chi connectivity index (χ0v) is 13.1. The summed E-state index contributed by atoms with van der Waals surface area (Å²) >= 11 is 1.57. The molecular formula is C17H19NO2S. The molecule has 1 N–H and O–H groups in total. The molecule has 0 saturated carbocycles. The smallest absolute Gasteiger partial charge is 0.252 e. The third-order valence-corrected chi connectivity index (χ3v) is 3.86. The molecule has 0 bridgehead atoms. The van der Waals surface area contributed by atoms with E-state index in [0.29, 0.717) is 18.7 Å². The fraction of sp³-hybridized carbons (Fsp3) is 0.235. The molecular weight excluding hydrogens is 282 g/mol. The van der Waals surface area contributed by atoms with E-state index in [2.05, 4.69) is 5.32 Å². The minimum Gasteiger partial charge on any atom is -0.494 e. The Morgan fingerprint density at radius 2 is 1.86 bits per heavy atom. The van der Waals surface area contributed by atoms with Crippen LogP contribution in [0, 0.1) is 0 Å². The first-order valence-corrected chi connectivity index (χ1v) is 8.10. The number of carbonyl (C=O) groups is 1. The van der Waals surface area contributed by atoms with E-state index in [-0.39, 0.29) is 5.91 Å². The van der Waals surface area contributed by atoms with Crippen LogP contribution in [0.5, 0.6) is 5.75 Å². The Morgan fingerprint density at radius 3 is 2.62 bits per heavy atom. The summed E-state index contributed by atoms with van der Waals surface area (Å²) in [6.07, 6.45) is 1.97. The number of amides is 1. The summed E-state index contributed by atoms with van der Waals surface area (Å²) in [5, 5.41) is 2.96. The largest absolute Gasteiger partial charge is 0.494 e. The summed E-state index contributed by atoms with van der Waals surface area (Å²) in [7, 11) is 0. The molecule has 0 aliphatic carbocycles. The van der Waals surface area contributed by atoms with Crippen molar-refractivity contribution < 1.29 is 9.53 Å². The van der Waals surface area contributed by atoms with E-state index in [9.17, 15) is 4.79 Å². The van der Waals surface area contributed by atoms with E-state index >= 15 is 0 Å². The molecule has 0 atom stereocenters. The summed E-state index contributed by atoms with van der Waals surface area (Å²) in [6, 6.07) is 15.4. The molecule has 0 saturated heterocycles. The molecule has 2 aromatic carbocycles. The normalized spacial score (nSPS) is 10.2. The summed E-state index contributed by atoms with van der Waals surface area (Å²) in [5.41, 5.74) is 1.69. The van der Waals surface area contributed by atoms with E-state index in [4.69, 9.17) is 4.74 Å². The molecule has 2 aromatic rings. The Kier molecular flexibility index (Phi) is 5.69. The van der Waals surface area contributed by atoms with E-state index in [0.717, 1.165) is 16.2 Å². The van der Waals surface area contributed by atoms with Gasteiger partial charge in [-0.2, -0.15) is 0 Å². The Morgan fingerprint density at radius 1 is 1.14 bits per heavy atom. The van der Waals surface area contributed by atoms with Crippen LogP contribution in [0.2, 0.25) is 0 Å². The summed E-state index contributed by atoms with van der Waals surface area (Å²) in [4.78, 5) is 13.3. The van der Waals surface area contributed by atoms with Gasteiger partial charge in [0.15, 0.2) is 0 Å². The molecule has 0 aliphatic rings. The van der Waals surface area contributed by atoms with Gasteiger partial charge in [0, 0.05) is 17.0 Å². The van der Waals surface area contributed by atoms with E-state index in [1.807, 2.05) is 61.7 Å². The highest BCUT2D eigenvalue weighted by atomic mass is 32.2. The van der Waals surface area contributed by atoms with Crippen LogP contribution in [0.4, 0.5) is 0 Å². The fourth-order valence-corrected chi connectivity index (χ4v) is 2.64. The number of nitrogens with one attached hydrogen (secondary N) is 1. The maximum absolute atomic E-state index is 12.3. The second kappa shape index (κ2) is 7.74. The first-order chi connectivity index (χ1) is 10.3. The lowest BCUT2D eigenvalue weighted by atomic mass is 10.1. The van der Waals surface area contributed by atoms with Gasteiger partial charge >= 0.3 is 0 Å². The van der Waals surface area contributed by atoms with Crippen LogP contribution >= 0.6 is 11.8 Å². The number of benzene rings is 2. The number of hydrogen-bond donors (Lipinski definition) is 1. The molecule has 4 heteroatoms. The first kappa shape index (κ1) is 15.4. The van der Waals surface area contributed by atoms with Gasteiger partial charge in [-0.3, -0.25) is 4.79 Å². The number of ether oxygens (including phenoxy) is 1. The van der Waals surface area contributed by atoms with Crippen LogP contribution in [0.3, 0.4) is 0 Å². The maximum Gasteiger partial charge on any atom is 0.252 e. The number of thioether (sulfide) groups is 1. The lowest BCUT2D eigenvalue weighted by Gasteiger charge is -2.12. The average Bonchev–Trinajstić information content (AvgIpc) is 2.54. The Bertz CT molecular complexity index is 613. The molecule has 3 nitrogen and oxygen atoms in total. The third-order valence-electron chi connectivity index (χ3n) is 3.06. The number of hydrogen-bond acceptors (Lipinski definition) is 3. The number of rotatable bonds is 6. The molecule has 110 valence electrons. The van der Waals surface area contributed by atoms with Crippen LogP contribution in [-0.4, -0.2) is 18.8 Å². The van der Waals surface area contributed by atoms with Crippen molar-refractivity contribution in [2.24, 2.45) is 0 Å².